The van der Waals surface area contributed by atoms with Gasteiger partial charge in [-0.3, -0.25) is 4.79 Å². The molecule has 0 aliphatic carbocycles. The van der Waals surface area contributed by atoms with E-state index in [1.54, 1.807) is 11.4 Å². The van der Waals surface area contributed by atoms with E-state index in [0.717, 1.165) is 6.08 Å². The third-order valence-electron chi connectivity index (χ3n) is 2.29. The van der Waals surface area contributed by atoms with Gasteiger partial charge < -0.3 is 15.2 Å². The lowest BCUT2D eigenvalue weighted by molar-refractivity contribution is -0.131. The highest BCUT2D eigenvalue weighted by Crippen LogP contribution is 2.18. The summed E-state index contributed by atoms with van der Waals surface area (Å²) in [5.74, 6) is -0.779. The largest absolute Gasteiger partial charge is 0.478 e. The summed E-state index contributed by atoms with van der Waals surface area (Å²) in [5, 5.41) is 13.1. The fourth-order valence-corrected chi connectivity index (χ4v) is 2.23. The molecule has 2 N–H and O–H groups in total. The van der Waals surface area contributed by atoms with Gasteiger partial charge in [0, 0.05) is 19.2 Å². The lowest BCUT2D eigenvalue weighted by Gasteiger charge is -2.07. The van der Waals surface area contributed by atoms with Crippen molar-refractivity contribution in [1.82, 2.24) is 5.32 Å². The van der Waals surface area contributed by atoms with E-state index >= 15 is 0 Å². The third kappa shape index (κ3) is 5.99. The molecule has 5 nitrogen and oxygen atoms in total. The van der Waals surface area contributed by atoms with E-state index in [4.69, 9.17) is 9.84 Å². The lowest BCUT2D eigenvalue weighted by Crippen LogP contribution is -2.27. The Morgan fingerprint density at radius 3 is 2.90 bits per heavy atom. The maximum atomic E-state index is 11.9. The van der Waals surface area contributed by atoms with Gasteiger partial charge in [-0.1, -0.05) is 13.8 Å². The Labute approximate surface area is 122 Å². The van der Waals surface area contributed by atoms with Crippen LogP contribution in [-0.4, -0.2) is 36.7 Å². The van der Waals surface area contributed by atoms with Gasteiger partial charge >= 0.3 is 5.97 Å². The normalized spacial score (nSPS) is 11.2. The predicted octanol–water partition coefficient (Wildman–Crippen LogP) is 2.25. The first-order valence-electron chi connectivity index (χ1n) is 6.35. The van der Waals surface area contributed by atoms with Gasteiger partial charge in [-0.2, -0.15) is 0 Å². The first kappa shape index (κ1) is 16.4. The Hall–Kier alpha value is -1.66. The highest BCUT2D eigenvalue weighted by Gasteiger charge is 2.11. The van der Waals surface area contributed by atoms with Crippen molar-refractivity contribution in [3.63, 3.8) is 0 Å². The average Bonchev–Trinajstić information content (AvgIpc) is 2.83. The molecule has 1 aromatic heterocycles. The van der Waals surface area contributed by atoms with Crippen LogP contribution in [0.25, 0.3) is 6.08 Å². The molecule has 1 amide bonds. The van der Waals surface area contributed by atoms with Gasteiger partial charge in [0.15, 0.2) is 0 Å². The van der Waals surface area contributed by atoms with Crippen LogP contribution in [0.5, 0.6) is 0 Å². The number of carboxylic acid groups (broad SMARTS) is 1. The van der Waals surface area contributed by atoms with Crippen LogP contribution in [0.3, 0.4) is 0 Å². The van der Waals surface area contributed by atoms with E-state index in [1.807, 2.05) is 0 Å². The fourth-order valence-electron chi connectivity index (χ4n) is 1.43. The molecule has 0 aliphatic heterocycles. The third-order valence-corrected chi connectivity index (χ3v) is 3.22. The molecular formula is C14H19NO4S. The molecule has 0 fully saturated rings. The number of aliphatic carboxylic acids is 1. The topological polar surface area (TPSA) is 75.6 Å². The van der Waals surface area contributed by atoms with E-state index in [2.05, 4.69) is 19.2 Å². The summed E-state index contributed by atoms with van der Waals surface area (Å²) in [4.78, 5) is 22.9. The van der Waals surface area contributed by atoms with E-state index in [1.165, 1.54) is 17.4 Å². The molecule has 110 valence electrons. The van der Waals surface area contributed by atoms with Crippen LogP contribution < -0.4 is 5.32 Å². The maximum absolute atomic E-state index is 11.9. The summed E-state index contributed by atoms with van der Waals surface area (Å²) >= 11 is 1.28. The van der Waals surface area contributed by atoms with Crippen molar-refractivity contribution in [2.45, 2.75) is 13.8 Å². The van der Waals surface area contributed by atoms with Gasteiger partial charge in [-0.05, 0) is 29.0 Å². The number of hydrogen-bond acceptors (Lipinski definition) is 4. The first-order valence-corrected chi connectivity index (χ1v) is 7.23. The number of amides is 1. The van der Waals surface area contributed by atoms with Crippen molar-refractivity contribution in [3.05, 3.63) is 28.0 Å². The minimum atomic E-state index is -1.04. The number of carboxylic acids is 1. The predicted molar refractivity (Wildman–Crippen MR) is 79.0 cm³/mol. The molecular weight excluding hydrogens is 278 g/mol. The van der Waals surface area contributed by atoms with Crippen molar-refractivity contribution >= 4 is 29.3 Å². The summed E-state index contributed by atoms with van der Waals surface area (Å²) < 4.78 is 5.37. The summed E-state index contributed by atoms with van der Waals surface area (Å²) in [6, 6.07) is 1.72. The number of hydrogen-bond donors (Lipinski definition) is 2. The number of carbonyl (C=O) groups excluding carboxylic acids is 1. The van der Waals surface area contributed by atoms with Crippen LogP contribution in [0.2, 0.25) is 0 Å². The molecule has 1 aromatic rings. The van der Waals surface area contributed by atoms with Crippen molar-refractivity contribution in [3.8, 4) is 0 Å². The van der Waals surface area contributed by atoms with E-state index < -0.39 is 5.97 Å². The second-order valence-electron chi connectivity index (χ2n) is 4.60. The number of thiophene rings is 1. The molecule has 1 rings (SSSR count). The fraction of sp³-hybridized carbons (Fsp3) is 0.429. The van der Waals surface area contributed by atoms with E-state index in [-0.39, 0.29) is 5.91 Å². The van der Waals surface area contributed by atoms with Gasteiger partial charge in [-0.15, -0.1) is 11.3 Å². The Morgan fingerprint density at radius 1 is 1.50 bits per heavy atom. The van der Waals surface area contributed by atoms with Crippen molar-refractivity contribution in [2.24, 2.45) is 5.92 Å². The Bertz CT molecular complexity index is 479. The number of rotatable bonds is 8. The van der Waals surface area contributed by atoms with E-state index in [9.17, 15) is 9.59 Å². The minimum Gasteiger partial charge on any atom is -0.478 e. The second-order valence-corrected chi connectivity index (χ2v) is 5.52. The number of carbonyl (C=O) groups is 2. The molecule has 0 spiro atoms. The minimum absolute atomic E-state index is 0.210. The van der Waals surface area contributed by atoms with Crippen LogP contribution in [0.15, 0.2) is 17.5 Å². The molecule has 0 radical (unpaired) electrons. The lowest BCUT2D eigenvalue weighted by atomic mass is 10.2. The molecule has 0 saturated heterocycles. The summed E-state index contributed by atoms with van der Waals surface area (Å²) in [6.07, 6.45) is 2.44. The van der Waals surface area contributed by atoms with Gasteiger partial charge in [0.25, 0.3) is 5.91 Å². The van der Waals surface area contributed by atoms with E-state index in [0.29, 0.717) is 36.1 Å². The molecule has 20 heavy (non-hydrogen) atoms. The number of nitrogens with one attached hydrogen (secondary N) is 1. The van der Waals surface area contributed by atoms with Gasteiger partial charge in [-0.25, -0.2) is 4.79 Å². The summed E-state index contributed by atoms with van der Waals surface area (Å²) in [6.45, 7) is 5.69. The van der Waals surface area contributed by atoms with Crippen LogP contribution in [-0.2, 0) is 9.53 Å². The molecule has 0 aromatic carbocycles. The molecule has 0 saturated carbocycles. The molecule has 0 unspecified atom stereocenters. The average molecular weight is 297 g/mol. The highest BCUT2D eigenvalue weighted by atomic mass is 32.1. The molecule has 6 heteroatoms. The van der Waals surface area contributed by atoms with Gasteiger partial charge in [0.1, 0.15) is 0 Å². The zero-order valence-corrected chi connectivity index (χ0v) is 12.4. The number of ether oxygens (including phenoxy) is 1. The van der Waals surface area contributed by atoms with Crippen molar-refractivity contribution in [2.75, 3.05) is 19.8 Å². The van der Waals surface area contributed by atoms with Crippen LogP contribution in [0, 0.1) is 5.92 Å². The highest BCUT2D eigenvalue weighted by molar-refractivity contribution is 7.12. The molecule has 1 heterocycles. The Balaban J connectivity index is 2.44. The van der Waals surface area contributed by atoms with Gasteiger partial charge in [0.2, 0.25) is 0 Å². The Morgan fingerprint density at radius 2 is 2.25 bits per heavy atom. The summed E-state index contributed by atoms with van der Waals surface area (Å²) in [7, 11) is 0. The zero-order valence-electron chi connectivity index (χ0n) is 11.6. The quantitative estimate of drug-likeness (QED) is 0.570. The zero-order chi connectivity index (χ0) is 15.0. The smallest absolute Gasteiger partial charge is 0.328 e. The first-order chi connectivity index (χ1) is 9.50. The van der Waals surface area contributed by atoms with Crippen LogP contribution in [0.4, 0.5) is 0 Å². The standard InChI is InChI=1S/C14H19NO4S/c1-10(2)9-19-7-6-15-14(18)13-11(5-8-20-13)3-4-12(16)17/h3-5,8,10H,6-7,9H2,1-2H3,(H,15,18)(H,16,17)/b4-3+. The monoisotopic (exact) mass is 297 g/mol. The second kappa shape index (κ2) is 8.50. The van der Waals surface area contributed by atoms with Crippen molar-refractivity contribution < 1.29 is 19.4 Å². The molecule has 0 aliphatic rings. The van der Waals surface area contributed by atoms with Crippen LogP contribution >= 0.6 is 11.3 Å². The van der Waals surface area contributed by atoms with Gasteiger partial charge in [0.05, 0.1) is 11.5 Å². The van der Waals surface area contributed by atoms with Crippen molar-refractivity contribution in [1.29, 1.82) is 0 Å². The van der Waals surface area contributed by atoms with Crippen LogP contribution in [0.1, 0.15) is 29.1 Å². The SMILES string of the molecule is CC(C)COCCNC(=O)c1sccc1/C=C/C(=O)O. The molecule has 0 bridgehead atoms. The maximum Gasteiger partial charge on any atom is 0.328 e. The Kier molecular flexibility index (Phi) is 6.97. The molecule has 0 atom stereocenters. The summed E-state index contributed by atoms with van der Waals surface area (Å²) in [5.41, 5.74) is 0.609.